The number of methoxy groups -OCH3 is 1. The van der Waals surface area contributed by atoms with Gasteiger partial charge in [-0.2, -0.15) is 0 Å². The van der Waals surface area contributed by atoms with Crippen LogP contribution in [0.5, 0.6) is 0 Å². The standard InChI is InChI=1S/C32H45ClN4O4/c1-21(2)22-8-5-9-23(16-22)29-27(18-35-19-28(29)33)32(40,13-7-14-36-31(39)41-4)25-10-6-15-37(20-25)30(38)24-11-12-26(17-24)34-3/h5,8-9,16,18-19,21,24-26,34,40H,6-7,10-15,17,20H2,1-4H3,(H,36,39). The highest BCUT2D eigenvalue weighted by Crippen LogP contribution is 2.45. The number of carbonyl (C=O) groups is 2. The van der Waals surface area contributed by atoms with Gasteiger partial charge in [0, 0.05) is 61.0 Å². The molecule has 2 aromatic rings. The molecule has 4 unspecified atom stereocenters. The minimum Gasteiger partial charge on any atom is -0.453 e. The number of benzene rings is 1. The van der Waals surface area contributed by atoms with E-state index in [4.69, 9.17) is 16.3 Å². The van der Waals surface area contributed by atoms with E-state index in [0.29, 0.717) is 55.0 Å². The molecule has 1 aromatic carbocycles. The topological polar surface area (TPSA) is 104 Å². The van der Waals surface area contributed by atoms with Crippen LogP contribution in [-0.2, 0) is 15.1 Å². The van der Waals surface area contributed by atoms with Crippen molar-refractivity contribution in [2.75, 3.05) is 33.8 Å². The Labute approximate surface area is 249 Å². The number of ether oxygens (including phenoxy) is 1. The second kappa shape index (κ2) is 14.0. The van der Waals surface area contributed by atoms with Gasteiger partial charge in [0.2, 0.25) is 5.91 Å². The number of rotatable bonds is 10. The van der Waals surface area contributed by atoms with Crippen LogP contribution in [0.4, 0.5) is 4.79 Å². The van der Waals surface area contributed by atoms with Crippen molar-refractivity contribution >= 4 is 23.6 Å². The lowest BCUT2D eigenvalue weighted by Gasteiger charge is -2.44. The average Bonchev–Trinajstić information content (AvgIpc) is 3.48. The number of likely N-dealkylation sites (tertiary alicyclic amines) is 1. The van der Waals surface area contributed by atoms with Crippen molar-refractivity contribution in [2.24, 2.45) is 11.8 Å². The van der Waals surface area contributed by atoms with Crippen LogP contribution < -0.4 is 10.6 Å². The first kappa shape index (κ1) is 31.3. The smallest absolute Gasteiger partial charge is 0.406 e. The molecule has 41 heavy (non-hydrogen) atoms. The first-order chi connectivity index (χ1) is 19.7. The van der Waals surface area contributed by atoms with Gasteiger partial charge in [-0.05, 0) is 69.0 Å². The summed E-state index contributed by atoms with van der Waals surface area (Å²) < 4.78 is 4.72. The zero-order valence-corrected chi connectivity index (χ0v) is 25.5. The molecule has 1 aromatic heterocycles. The second-order valence-corrected chi connectivity index (χ2v) is 12.3. The van der Waals surface area contributed by atoms with E-state index in [0.717, 1.165) is 43.2 Å². The molecule has 4 atom stereocenters. The van der Waals surface area contributed by atoms with Crippen molar-refractivity contribution in [3.05, 3.63) is 52.8 Å². The highest BCUT2D eigenvalue weighted by atomic mass is 35.5. The predicted octanol–water partition coefficient (Wildman–Crippen LogP) is 5.48. The van der Waals surface area contributed by atoms with Crippen molar-refractivity contribution < 1.29 is 19.4 Å². The van der Waals surface area contributed by atoms with Crippen LogP contribution in [0.25, 0.3) is 11.1 Å². The van der Waals surface area contributed by atoms with Crippen LogP contribution >= 0.6 is 11.6 Å². The maximum atomic E-state index is 13.6. The van der Waals surface area contributed by atoms with Crippen LogP contribution in [0.15, 0.2) is 36.7 Å². The van der Waals surface area contributed by atoms with Crippen molar-refractivity contribution in [2.45, 2.75) is 76.4 Å². The van der Waals surface area contributed by atoms with Gasteiger partial charge in [0.1, 0.15) is 0 Å². The van der Waals surface area contributed by atoms with Crippen LogP contribution in [-0.4, -0.2) is 66.8 Å². The summed E-state index contributed by atoms with van der Waals surface area (Å²) in [4.78, 5) is 31.7. The number of amides is 2. The highest BCUT2D eigenvalue weighted by Gasteiger charge is 2.44. The van der Waals surface area contributed by atoms with Gasteiger partial charge < -0.3 is 25.4 Å². The molecular weight excluding hydrogens is 540 g/mol. The van der Waals surface area contributed by atoms with Gasteiger partial charge in [0.15, 0.2) is 0 Å². The molecule has 9 heteroatoms. The number of hydrogen-bond acceptors (Lipinski definition) is 6. The van der Waals surface area contributed by atoms with Gasteiger partial charge in [-0.25, -0.2) is 4.79 Å². The number of nitrogens with zero attached hydrogens (tertiary/aromatic N) is 2. The summed E-state index contributed by atoms with van der Waals surface area (Å²) in [6.07, 6.45) is 8.07. The summed E-state index contributed by atoms with van der Waals surface area (Å²) in [5.74, 6) is 0.326. The van der Waals surface area contributed by atoms with E-state index in [9.17, 15) is 14.7 Å². The minimum atomic E-state index is -1.32. The SMILES string of the molecule is CNC1CCC(C(=O)N2CCCC(C(O)(CCCNC(=O)OC)c3cncc(Cl)c3-c3cccc(C(C)C)c3)C2)C1. The molecule has 8 nitrogen and oxygen atoms in total. The Balaban J connectivity index is 1.69. The number of hydrogen-bond donors (Lipinski definition) is 3. The predicted molar refractivity (Wildman–Crippen MR) is 162 cm³/mol. The molecule has 0 bridgehead atoms. The molecule has 224 valence electrons. The van der Waals surface area contributed by atoms with E-state index in [1.165, 1.54) is 12.7 Å². The lowest BCUT2D eigenvalue weighted by molar-refractivity contribution is -0.140. The Morgan fingerprint density at radius 2 is 2.05 bits per heavy atom. The maximum Gasteiger partial charge on any atom is 0.406 e. The summed E-state index contributed by atoms with van der Waals surface area (Å²) in [7, 11) is 3.29. The van der Waals surface area contributed by atoms with E-state index in [-0.39, 0.29) is 17.7 Å². The summed E-state index contributed by atoms with van der Waals surface area (Å²) in [5, 5.41) is 19.2. The van der Waals surface area contributed by atoms with Crippen LogP contribution in [0.3, 0.4) is 0 Å². The molecule has 0 radical (unpaired) electrons. The largest absolute Gasteiger partial charge is 0.453 e. The molecule has 1 aliphatic heterocycles. The number of piperidine rings is 1. The molecule has 2 fully saturated rings. The van der Waals surface area contributed by atoms with Gasteiger partial charge in [0.25, 0.3) is 0 Å². The number of aromatic nitrogens is 1. The van der Waals surface area contributed by atoms with Crippen LogP contribution in [0, 0.1) is 11.8 Å². The maximum absolute atomic E-state index is 13.6. The molecule has 1 saturated heterocycles. The van der Waals surface area contributed by atoms with Gasteiger partial charge in [-0.3, -0.25) is 9.78 Å². The number of carbonyl (C=O) groups excluding carboxylic acids is 2. The third-order valence-electron chi connectivity index (χ3n) is 9.00. The third kappa shape index (κ3) is 7.22. The van der Waals surface area contributed by atoms with Gasteiger partial charge >= 0.3 is 6.09 Å². The Bertz CT molecular complexity index is 1210. The van der Waals surface area contributed by atoms with Crippen molar-refractivity contribution in [3.8, 4) is 11.1 Å². The molecule has 0 spiro atoms. The third-order valence-corrected chi connectivity index (χ3v) is 9.28. The molecule has 1 aliphatic carbocycles. The lowest BCUT2D eigenvalue weighted by atomic mass is 9.72. The number of alkyl carbamates (subject to hydrolysis) is 1. The van der Waals surface area contributed by atoms with E-state index < -0.39 is 11.7 Å². The fourth-order valence-corrected chi connectivity index (χ4v) is 6.85. The molecule has 4 rings (SSSR count). The number of nitrogens with one attached hydrogen (secondary N) is 2. The van der Waals surface area contributed by atoms with Crippen molar-refractivity contribution in [1.82, 2.24) is 20.5 Å². The fourth-order valence-electron chi connectivity index (χ4n) is 6.58. The summed E-state index contributed by atoms with van der Waals surface area (Å²) in [5.41, 5.74) is 2.22. The summed E-state index contributed by atoms with van der Waals surface area (Å²) in [6.45, 7) is 5.82. The normalized spacial score (nSPS) is 22.4. The fraction of sp³-hybridized carbons (Fsp3) is 0.594. The summed E-state index contributed by atoms with van der Waals surface area (Å²) in [6, 6.07) is 8.64. The van der Waals surface area contributed by atoms with E-state index in [1.807, 2.05) is 24.1 Å². The Kier molecular flexibility index (Phi) is 10.7. The molecule has 2 heterocycles. The second-order valence-electron chi connectivity index (χ2n) is 11.9. The minimum absolute atomic E-state index is 0.0192. The zero-order chi connectivity index (χ0) is 29.6. The molecule has 2 amide bonds. The van der Waals surface area contributed by atoms with Gasteiger partial charge in [-0.15, -0.1) is 0 Å². The Morgan fingerprint density at radius 1 is 1.24 bits per heavy atom. The first-order valence-electron chi connectivity index (χ1n) is 14.9. The monoisotopic (exact) mass is 584 g/mol. The Hall–Kier alpha value is -2.68. The van der Waals surface area contributed by atoms with Crippen LogP contribution in [0.2, 0.25) is 5.02 Å². The summed E-state index contributed by atoms with van der Waals surface area (Å²) >= 11 is 6.84. The number of aliphatic hydroxyl groups is 1. The van der Waals surface area contributed by atoms with E-state index in [2.05, 4.69) is 41.6 Å². The molecule has 1 saturated carbocycles. The van der Waals surface area contributed by atoms with Crippen molar-refractivity contribution in [1.29, 1.82) is 0 Å². The quantitative estimate of drug-likeness (QED) is 0.320. The number of pyridine rings is 1. The first-order valence-corrected chi connectivity index (χ1v) is 15.3. The van der Waals surface area contributed by atoms with Crippen molar-refractivity contribution in [3.63, 3.8) is 0 Å². The molecule has 3 N–H and O–H groups in total. The highest BCUT2D eigenvalue weighted by molar-refractivity contribution is 6.33. The van der Waals surface area contributed by atoms with Gasteiger partial charge in [0.05, 0.1) is 17.7 Å². The van der Waals surface area contributed by atoms with E-state index >= 15 is 0 Å². The zero-order valence-electron chi connectivity index (χ0n) is 24.8. The van der Waals surface area contributed by atoms with Gasteiger partial charge in [-0.1, -0.05) is 49.7 Å². The van der Waals surface area contributed by atoms with E-state index in [1.54, 1.807) is 12.4 Å². The number of halogens is 1. The molecule has 2 aliphatic rings. The Morgan fingerprint density at radius 3 is 2.76 bits per heavy atom. The molecular formula is C32H45ClN4O4. The average molecular weight is 585 g/mol. The van der Waals surface area contributed by atoms with Crippen LogP contribution in [0.1, 0.15) is 75.8 Å². The lowest BCUT2D eigenvalue weighted by Crippen LogP contribution is -2.50.